The molecule has 0 saturated carbocycles. The number of carbonyl (C=O) groups excluding carboxylic acids is 1. The predicted molar refractivity (Wildman–Crippen MR) is 101 cm³/mol. The Balaban J connectivity index is 1.96. The van der Waals surface area contributed by atoms with Crippen LogP contribution in [0, 0.1) is 24.7 Å². The molecule has 0 spiro atoms. The number of nitrogens with two attached hydrogens (primary N) is 1. The van der Waals surface area contributed by atoms with Crippen molar-refractivity contribution in [2.24, 2.45) is 0 Å². The summed E-state index contributed by atoms with van der Waals surface area (Å²) in [7, 11) is 0. The van der Waals surface area contributed by atoms with Crippen LogP contribution in [0.15, 0.2) is 30.3 Å². The molecule has 0 aliphatic carbocycles. The number of rotatable bonds is 7. The number of nitrogens with zero attached hydrogens (tertiary/aromatic N) is 1. The van der Waals surface area contributed by atoms with E-state index in [0.29, 0.717) is 18.0 Å². The normalized spacial score (nSPS) is 9.96. The molecule has 2 aromatic rings. The van der Waals surface area contributed by atoms with Crippen molar-refractivity contribution < 1.29 is 13.9 Å². The summed E-state index contributed by atoms with van der Waals surface area (Å²) in [6.07, 6.45) is 2.75. The summed E-state index contributed by atoms with van der Waals surface area (Å²) in [5.41, 5.74) is 6.60. The molecule has 0 atom stereocenters. The first-order chi connectivity index (χ1) is 12.5. The van der Waals surface area contributed by atoms with Crippen molar-refractivity contribution >= 4 is 17.4 Å². The van der Waals surface area contributed by atoms with Gasteiger partial charge in [-0.05, 0) is 44.9 Å². The van der Waals surface area contributed by atoms with E-state index < -0.39 is 11.9 Å². The lowest BCUT2D eigenvalue weighted by Crippen LogP contribution is -2.16. The van der Waals surface area contributed by atoms with Crippen LogP contribution < -0.4 is 15.8 Å². The number of unbranched alkanes of at least 4 members (excludes halogenated alkanes) is 2. The van der Waals surface area contributed by atoms with Crippen molar-refractivity contribution in [3.63, 3.8) is 0 Å². The minimum Gasteiger partial charge on any atom is -0.494 e. The molecule has 5 nitrogen and oxygen atoms in total. The maximum atomic E-state index is 13.4. The minimum atomic E-state index is -0.681. The number of hydrogen-bond acceptors (Lipinski definition) is 4. The SMILES string of the molecule is CC#CCCCCOc1cccc(NC(=O)c2cc(C)c(F)nc2N)c1. The van der Waals surface area contributed by atoms with Crippen LogP contribution in [-0.4, -0.2) is 17.5 Å². The molecule has 26 heavy (non-hydrogen) atoms. The van der Waals surface area contributed by atoms with Crippen LogP contribution in [0.25, 0.3) is 0 Å². The molecule has 0 aliphatic heterocycles. The minimum absolute atomic E-state index is 0.132. The maximum absolute atomic E-state index is 13.4. The van der Waals surface area contributed by atoms with E-state index in [-0.39, 0.29) is 16.9 Å². The monoisotopic (exact) mass is 355 g/mol. The van der Waals surface area contributed by atoms with Crippen LogP contribution in [0.4, 0.5) is 15.9 Å². The summed E-state index contributed by atoms with van der Waals surface area (Å²) in [5.74, 6) is 5.26. The molecule has 0 saturated heterocycles. The fourth-order valence-electron chi connectivity index (χ4n) is 2.28. The maximum Gasteiger partial charge on any atom is 0.259 e. The molecule has 0 aliphatic rings. The van der Waals surface area contributed by atoms with E-state index in [1.54, 1.807) is 18.2 Å². The number of ether oxygens (including phenoxy) is 1. The number of aromatic nitrogens is 1. The molecule has 1 aromatic heterocycles. The molecule has 3 N–H and O–H groups in total. The summed E-state index contributed by atoms with van der Waals surface area (Å²) in [4.78, 5) is 15.9. The molecule has 2 rings (SSSR count). The number of aryl methyl sites for hydroxylation is 1. The van der Waals surface area contributed by atoms with Gasteiger partial charge in [-0.1, -0.05) is 6.07 Å². The van der Waals surface area contributed by atoms with Crippen LogP contribution in [-0.2, 0) is 0 Å². The molecule has 6 heteroatoms. The highest BCUT2D eigenvalue weighted by atomic mass is 19.1. The summed E-state index contributed by atoms with van der Waals surface area (Å²) in [6, 6.07) is 8.45. The average Bonchev–Trinajstić information content (AvgIpc) is 2.61. The summed E-state index contributed by atoms with van der Waals surface area (Å²) >= 11 is 0. The largest absolute Gasteiger partial charge is 0.494 e. The number of hydrogen-bond donors (Lipinski definition) is 2. The van der Waals surface area contributed by atoms with Crippen LogP contribution in [0.3, 0.4) is 0 Å². The van der Waals surface area contributed by atoms with Crippen molar-refractivity contribution in [3.8, 4) is 17.6 Å². The Hall–Kier alpha value is -3.07. The molecule has 136 valence electrons. The third kappa shape index (κ3) is 5.49. The van der Waals surface area contributed by atoms with E-state index in [9.17, 15) is 9.18 Å². The number of anilines is 2. The second-order valence-corrected chi connectivity index (χ2v) is 5.74. The smallest absolute Gasteiger partial charge is 0.259 e. The Kier molecular flexibility index (Phi) is 6.98. The highest BCUT2D eigenvalue weighted by Crippen LogP contribution is 2.20. The quantitative estimate of drug-likeness (QED) is 0.448. The van der Waals surface area contributed by atoms with E-state index >= 15 is 0 Å². The Morgan fingerprint density at radius 3 is 2.92 bits per heavy atom. The average molecular weight is 355 g/mol. The van der Waals surface area contributed by atoms with Gasteiger partial charge in [0.05, 0.1) is 12.2 Å². The number of nitrogen functional groups attached to an aromatic ring is 1. The van der Waals surface area contributed by atoms with Crippen LogP contribution >= 0.6 is 0 Å². The molecule has 1 heterocycles. The number of carbonyl (C=O) groups is 1. The molecule has 0 fully saturated rings. The molecule has 0 unspecified atom stereocenters. The second kappa shape index (κ2) is 9.42. The third-order valence-corrected chi connectivity index (χ3v) is 3.66. The first-order valence-corrected chi connectivity index (χ1v) is 8.37. The highest BCUT2D eigenvalue weighted by molar-refractivity contribution is 6.07. The number of pyridine rings is 1. The first-order valence-electron chi connectivity index (χ1n) is 8.37. The van der Waals surface area contributed by atoms with Crippen molar-refractivity contribution in [1.82, 2.24) is 4.98 Å². The van der Waals surface area contributed by atoms with Crippen LogP contribution in [0.1, 0.15) is 42.1 Å². The molecule has 0 bridgehead atoms. The summed E-state index contributed by atoms with van der Waals surface area (Å²) < 4.78 is 19.1. The molecule has 0 radical (unpaired) electrons. The third-order valence-electron chi connectivity index (χ3n) is 3.66. The van der Waals surface area contributed by atoms with Gasteiger partial charge in [0.15, 0.2) is 0 Å². The lowest BCUT2D eigenvalue weighted by molar-refractivity contribution is 0.102. The second-order valence-electron chi connectivity index (χ2n) is 5.74. The standard InChI is InChI=1S/C20H22FN3O2/c1-3-4-5-6-7-11-26-16-10-8-9-15(13-16)23-20(25)17-12-14(2)18(21)24-19(17)22/h8-10,12-13H,5-7,11H2,1-2H3,(H2,22,24)(H,23,25). The molecule has 1 amide bonds. The fraction of sp³-hybridized carbons (Fsp3) is 0.300. The van der Waals surface area contributed by atoms with Gasteiger partial charge in [-0.3, -0.25) is 4.79 Å². The lowest BCUT2D eigenvalue weighted by Gasteiger charge is -2.10. The first kappa shape index (κ1) is 19.3. The Morgan fingerprint density at radius 1 is 1.35 bits per heavy atom. The number of halogens is 1. The zero-order valence-electron chi connectivity index (χ0n) is 14.9. The van der Waals surface area contributed by atoms with Gasteiger partial charge in [-0.2, -0.15) is 4.39 Å². The van der Waals surface area contributed by atoms with Gasteiger partial charge in [0, 0.05) is 23.7 Å². The van der Waals surface area contributed by atoms with E-state index in [1.165, 1.54) is 13.0 Å². The van der Waals surface area contributed by atoms with Gasteiger partial charge in [0.2, 0.25) is 5.95 Å². The van der Waals surface area contributed by atoms with E-state index in [0.717, 1.165) is 19.3 Å². The number of amides is 1. The van der Waals surface area contributed by atoms with Gasteiger partial charge < -0.3 is 15.8 Å². The van der Waals surface area contributed by atoms with E-state index in [4.69, 9.17) is 10.5 Å². The van der Waals surface area contributed by atoms with Gasteiger partial charge in [-0.15, -0.1) is 11.8 Å². The van der Waals surface area contributed by atoms with Crippen molar-refractivity contribution in [3.05, 3.63) is 47.4 Å². The topological polar surface area (TPSA) is 77.2 Å². The molecular weight excluding hydrogens is 333 g/mol. The lowest BCUT2D eigenvalue weighted by atomic mass is 10.1. The van der Waals surface area contributed by atoms with Gasteiger partial charge in [-0.25, -0.2) is 4.98 Å². The Morgan fingerprint density at radius 2 is 2.15 bits per heavy atom. The van der Waals surface area contributed by atoms with E-state index in [2.05, 4.69) is 22.1 Å². The number of benzene rings is 1. The Bertz CT molecular complexity index is 841. The zero-order valence-corrected chi connectivity index (χ0v) is 14.9. The van der Waals surface area contributed by atoms with Gasteiger partial charge in [0.1, 0.15) is 11.6 Å². The highest BCUT2D eigenvalue weighted by Gasteiger charge is 2.14. The van der Waals surface area contributed by atoms with Gasteiger partial charge in [0.25, 0.3) is 5.91 Å². The van der Waals surface area contributed by atoms with E-state index in [1.807, 2.05) is 13.0 Å². The fourth-order valence-corrected chi connectivity index (χ4v) is 2.28. The summed E-state index contributed by atoms with van der Waals surface area (Å²) in [6.45, 7) is 3.93. The van der Waals surface area contributed by atoms with Crippen molar-refractivity contribution in [2.45, 2.75) is 33.1 Å². The predicted octanol–water partition coefficient (Wildman–Crippen LogP) is 3.94. The number of nitrogens with one attached hydrogen (secondary N) is 1. The van der Waals surface area contributed by atoms with Crippen LogP contribution in [0.2, 0.25) is 0 Å². The molecular formula is C20H22FN3O2. The Labute approximate surface area is 152 Å². The summed E-state index contributed by atoms with van der Waals surface area (Å²) in [5, 5.41) is 2.72. The van der Waals surface area contributed by atoms with Crippen molar-refractivity contribution in [1.29, 1.82) is 0 Å². The van der Waals surface area contributed by atoms with Gasteiger partial charge >= 0.3 is 0 Å². The zero-order chi connectivity index (χ0) is 18.9. The van der Waals surface area contributed by atoms with Crippen LogP contribution in [0.5, 0.6) is 5.75 Å². The molecule has 1 aromatic carbocycles. The van der Waals surface area contributed by atoms with Crippen molar-refractivity contribution in [2.75, 3.05) is 17.7 Å².